The van der Waals surface area contributed by atoms with E-state index in [1.165, 1.54) is 17.7 Å². The number of nitrogens with one attached hydrogen (secondary N) is 2. The van der Waals surface area contributed by atoms with Gasteiger partial charge in [-0.3, -0.25) is 19.5 Å². The molecule has 0 aromatic heterocycles. The van der Waals surface area contributed by atoms with Gasteiger partial charge in [0.1, 0.15) is 5.75 Å². The predicted molar refractivity (Wildman–Crippen MR) is 137 cm³/mol. The fourth-order valence-electron chi connectivity index (χ4n) is 5.82. The maximum Gasteiger partial charge on any atom is 0.233 e. The number of rotatable bonds is 7. The molecule has 3 aliphatic carbocycles. The molecule has 33 heavy (non-hydrogen) atoms. The normalized spacial score (nSPS) is 28.3. The standard InChI is InChI=1S/C25H32N4O3.HI/c1-26-25(28-15-18-6-2-5-9-20(18)32-19-7-3-4-8-19)27-12-13-29-23(30)21-16-10-11-17(14-16)22(21)24(29)31;/h2,5-6,9-11,16-17,19,21-22H,3-4,7-8,12-15H2,1H3,(H2,26,27,28);1H. The van der Waals surface area contributed by atoms with Crippen LogP contribution in [-0.2, 0) is 16.1 Å². The van der Waals surface area contributed by atoms with Gasteiger partial charge in [-0.15, -0.1) is 24.0 Å². The van der Waals surface area contributed by atoms with Crippen molar-refractivity contribution in [2.24, 2.45) is 28.7 Å². The fourth-order valence-corrected chi connectivity index (χ4v) is 5.82. The second kappa shape index (κ2) is 10.4. The van der Waals surface area contributed by atoms with Crippen molar-refractivity contribution in [3.63, 3.8) is 0 Å². The molecule has 7 nitrogen and oxygen atoms in total. The SMILES string of the molecule is CN=C(NCCN1C(=O)C2C3C=CC(C3)C2C1=O)NCc1ccccc1OC1CCCC1.I. The molecule has 2 saturated carbocycles. The number of para-hydroxylation sites is 1. The van der Waals surface area contributed by atoms with Crippen LogP contribution in [0.25, 0.3) is 0 Å². The molecule has 0 spiro atoms. The average Bonchev–Trinajstić information content (AvgIpc) is 3.59. The van der Waals surface area contributed by atoms with Crippen LogP contribution in [-0.4, -0.2) is 48.9 Å². The summed E-state index contributed by atoms with van der Waals surface area (Å²) in [7, 11) is 1.72. The van der Waals surface area contributed by atoms with Gasteiger partial charge in [0.05, 0.1) is 17.9 Å². The third-order valence-corrected chi connectivity index (χ3v) is 7.43. The molecule has 1 aromatic carbocycles. The van der Waals surface area contributed by atoms with Crippen LogP contribution < -0.4 is 15.4 Å². The van der Waals surface area contributed by atoms with E-state index in [1.807, 2.05) is 18.2 Å². The summed E-state index contributed by atoms with van der Waals surface area (Å²) in [5, 5.41) is 6.56. The van der Waals surface area contributed by atoms with E-state index < -0.39 is 0 Å². The van der Waals surface area contributed by atoms with E-state index in [2.05, 4.69) is 33.8 Å². The summed E-state index contributed by atoms with van der Waals surface area (Å²) in [5.41, 5.74) is 1.09. The lowest BCUT2D eigenvalue weighted by Gasteiger charge is -2.19. The van der Waals surface area contributed by atoms with Crippen LogP contribution in [0.5, 0.6) is 5.75 Å². The molecule has 4 unspecified atom stereocenters. The zero-order valence-electron chi connectivity index (χ0n) is 19.0. The number of halogens is 1. The van der Waals surface area contributed by atoms with Gasteiger partial charge in [0.2, 0.25) is 11.8 Å². The van der Waals surface area contributed by atoms with Crippen LogP contribution in [0.15, 0.2) is 41.4 Å². The number of aliphatic imine (C=N–C) groups is 1. The number of guanidine groups is 1. The zero-order valence-corrected chi connectivity index (χ0v) is 21.4. The summed E-state index contributed by atoms with van der Waals surface area (Å²) in [6, 6.07) is 8.10. The van der Waals surface area contributed by atoms with E-state index >= 15 is 0 Å². The average molecular weight is 564 g/mol. The third kappa shape index (κ3) is 4.76. The van der Waals surface area contributed by atoms with Crippen LogP contribution in [0.3, 0.4) is 0 Å². The summed E-state index contributed by atoms with van der Waals surface area (Å²) in [6.45, 7) is 1.43. The number of ether oxygens (including phenoxy) is 1. The second-order valence-corrected chi connectivity index (χ2v) is 9.31. The van der Waals surface area contributed by atoms with Crippen LogP contribution >= 0.6 is 24.0 Å². The molecule has 3 fully saturated rings. The first-order valence-electron chi connectivity index (χ1n) is 11.9. The number of allylic oxidation sites excluding steroid dienone is 2. The summed E-state index contributed by atoms with van der Waals surface area (Å²) in [4.78, 5) is 31.3. The molecule has 178 valence electrons. The molecule has 1 aliphatic heterocycles. The number of amides is 2. The van der Waals surface area contributed by atoms with Gasteiger partial charge in [-0.05, 0) is 50.0 Å². The van der Waals surface area contributed by atoms with Crippen molar-refractivity contribution in [3.05, 3.63) is 42.0 Å². The molecule has 1 saturated heterocycles. The van der Waals surface area contributed by atoms with Crippen molar-refractivity contribution in [1.29, 1.82) is 0 Å². The maximum atomic E-state index is 12.8. The Balaban J connectivity index is 0.00000259. The number of hydrogen-bond donors (Lipinski definition) is 2. The number of hydrogen-bond acceptors (Lipinski definition) is 4. The Morgan fingerprint density at radius 2 is 1.73 bits per heavy atom. The van der Waals surface area contributed by atoms with Gasteiger partial charge in [0.15, 0.2) is 5.96 Å². The predicted octanol–water partition coefficient (Wildman–Crippen LogP) is 3.10. The number of imide groups is 1. The molecular weight excluding hydrogens is 531 g/mol. The first-order valence-corrected chi connectivity index (χ1v) is 11.9. The van der Waals surface area contributed by atoms with Crippen LogP contribution in [0.2, 0.25) is 0 Å². The van der Waals surface area contributed by atoms with Crippen molar-refractivity contribution in [2.45, 2.75) is 44.8 Å². The second-order valence-electron chi connectivity index (χ2n) is 9.31. The van der Waals surface area contributed by atoms with E-state index in [0.717, 1.165) is 30.6 Å². The molecule has 4 aliphatic rings. The number of fused-ring (bicyclic) bond motifs is 5. The van der Waals surface area contributed by atoms with E-state index in [1.54, 1.807) is 7.05 Å². The molecule has 8 heteroatoms. The molecule has 2 amide bonds. The number of nitrogens with zero attached hydrogens (tertiary/aromatic N) is 2. The lowest BCUT2D eigenvalue weighted by atomic mass is 9.85. The molecule has 0 radical (unpaired) electrons. The zero-order chi connectivity index (χ0) is 22.1. The molecule has 2 N–H and O–H groups in total. The highest BCUT2D eigenvalue weighted by Crippen LogP contribution is 2.52. The van der Waals surface area contributed by atoms with Crippen molar-refractivity contribution in [2.75, 3.05) is 20.1 Å². The smallest absolute Gasteiger partial charge is 0.233 e. The van der Waals surface area contributed by atoms with Gasteiger partial charge < -0.3 is 15.4 Å². The van der Waals surface area contributed by atoms with Gasteiger partial charge in [-0.25, -0.2) is 0 Å². The van der Waals surface area contributed by atoms with Crippen molar-refractivity contribution >= 4 is 41.8 Å². The molecule has 1 heterocycles. The highest BCUT2D eigenvalue weighted by Gasteiger charge is 2.58. The Bertz CT molecular complexity index is 913. The van der Waals surface area contributed by atoms with E-state index in [-0.39, 0.29) is 59.5 Å². The summed E-state index contributed by atoms with van der Waals surface area (Å²) >= 11 is 0. The summed E-state index contributed by atoms with van der Waals surface area (Å²) in [5.74, 6) is 1.80. The monoisotopic (exact) mass is 564 g/mol. The lowest BCUT2D eigenvalue weighted by molar-refractivity contribution is -0.140. The number of carbonyl (C=O) groups excluding carboxylic acids is 2. The molecule has 2 bridgehead atoms. The van der Waals surface area contributed by atoms with Crippen molar-refractivity contribution < 1.29 is 14.3 Å². The molecular formula is C25H33IN4O3. The maximum absolute atomic E-state index is 12.8. The van der Waals surface area contributed by atoms with E-state index in [0.29, 0.717) is 31.7 Å². The minimum atomic E-state index is -0.133. The number of likely N-dealkylation sites (tertiary alicyclic amines) is 1. The van der Waals surface area contributed by atoms with Gasteiger partial charge in [-0.2, -0.15) is 0 Å². The lowest BCUT2D eigenvalue weighted by Crippen LogP contribution is -2.43. The van der Waals surface area contributed by atoms with Crippen molar-refractivity contribution in [3.8, 4) is 5.75 Å². The topological polar surface area (TPSA) is 83.0 Å². The Kier molecular flexibility index (Phi) is 7.61. The Hall–Kier alpha value is -2.10. The third-order valence-electron chi connectivity index (χ3n) is 7.43. The first-order chi connectivity index (χ1) is 15.7. The van der Waals surface area contributed by atoms with E-state index in [4.69, 9.17) is 4.74 Å². The summed E-state index contributed by atoms with van der Waals surface area (Å²) in [6.07, 6.45) is 10.2. The molecule has 4 atom stereocenters. The highest BCUT2D eigenvalue weighted by molar-refractivity contribution is 14.0. The minimum absolute atomic E-state index is 0. The first kappa shape index (κ1) is 24.0. The highest BCUT2D eigenvalue weighted by atomic mass is 127. The van der Waals surface area contributed by atoms with Crippen molar-refractivity contribution in [1.82, 2.24) is 15.5 Å². The largest absolute Gasteiger partial charge is 0.490 e. The Morgan fingerprint density at radius 3 is 2.39 bits per heavy atom. The summed E-state index contributed by atoms with van der Waals surface area (Å²) < 4.78 is 6.22. The quantitative estimate of drug-likeness (QED) is 0.175. The molecule has 1 aromatic rings. The number of carbonyl (C=O) groups is 2. The van der Waals surface area contributed by atoms with Gasteiger partial charge in [0, 0.05) is 32.2 Å². The van der Waals surface area contributed by atoms with Crippen LogP contribution in [0, 0.1) is 23.7 Å². The fraction of sp³-hybridized carbons (Fsp3) is 0.560. The van der Waals surface area contributed by atoms with Crippen LogP contribution in [0.4, 0.5) is 0 Å². The Labute approximate surface area is 212 Å². The minimum Gasteiger partial charge on any atom is -0.490 e. The number of benzene rings is 1. The van der Waals surface area contributed by atoms with Gasteiger partial charge in [0.25, 0.3) is 0 Å². The van der Waals surface area contributed by atoms with Gasteiger partial charge >= 0.3 is 0 Å². The Morgan fingerprint density at radius 1 is 1.06 bits per heavy atom. The van der Waals surface area contributed by atoms with Gasteiger partial charge in [-0.1, -0.05) is 30.4 Å². The molecule has 5 rings (SSSR count). The van der Waals surface area contributed by atoms with Crippen LogP contribution in [0.1, 0.15) is 37.7 Å². The van der Waals surface area contributed by atoms with E-state index in [9.17, 15) is 9.59 Å².